The van der Waals surface area contributed by atoms with E-state index < -0.39 is 0 Å². The third-order valence-electron chi connectivity index (χ3n) is 1.99. The molecule has 0 unspecified atom stereocenters. The lowest BCUT2D eigenvalue weighted by atomic mass is 10.2. The minimum Gasteiger partial charge on any atom is -0.494 e. The molecule has 0 saturated carbocycles. The van der Waals surface area contributed by atoms with E-state index in [9.17, 15) is 0 Å². The van der Waals surface area contributed by atoms with Crippen LogP contribution in [0.5, 0.6) is 0 Å². The molecule has 0 saturated heterocycles. The molecule has 0 radical (unpaired) electrons. The number of rotatable bonds is 5. The van der Waals surface area contributed by atoms with Crippen LogP contribution in [0.3, 0.4) is 0 Å². The lowest BCUT2D eigenvalue weighted by Gasteiger charge is -2.05. The van der Waals surface area contributed by atoms with Gasteiger partial charge >= 0.3 is 0 Å². The fourth-order valence-corrected chi connectivity index (χ4v) is 1.19. The molecule has 0 spiro atoms. The molecule has 0 fully saturated rings. The van der Waals surface area contributed by atoms with Crippen molar-refractivity contribution < 1.29 is 4.74 Å². The average molecular weight is 188 g/mol. The van der Waals surface area contributed by atoms with E-state index in [2.05, 4.69) is 18.7 Å². The van der Waals surface area contributed by atoms with Crippen LogP contribution in [-0.4, -0.2) is 6.61 Å². The van der Waals surface area contributed by atoms with Gasteiger partial charge in [0.15, 0.2) is 0 Å². The molecule has 0 atom stereocenters. The van der Waals surface area contributed by atoms with Gasteiger partial charge in [0.2, 0.25) is 0 Å². The molecular formula is C13H16O. The number of hydrogen-bond acceptors (Lipinski definition) is 1. The van der Waals surface area contributed by atoms with Crippen LogP contribution >= 0.6 is 0 Å². The number of hydrogen-bond donors (Lipinski definition) is 0. The van der Waals surface area contributed by atoms with Gasteiger partial charge in [-0.15, -0.1) is 0 Å². The predicted octanol–water partition coefficient (Wildman–Crippen LogP) is 3.34. The number of allylic oxidation sites excluding steroid dienone is 2. The van der Waals surface area contributed by atoms with Crippen LogP contribution in [0.1, 0.15) is 12.5 Å². The van der Waals surface area contributed by atoms with Gasteiger partial charge in [-0.25, -0.2) is 0 Å². The summed E-state index contributed by atoms with van der Waals surface area (Å²) >= 11 is 0. The second kappa shape index (κ2) is 6.03. The summed E-state index contributed by atoms with van der Waals surface area (Å²) in [6.45, 7) is 6.31. The standard InChI is InChI=1S/C13H16O/c1-3-13(4-2)14-11-10-12-8-6-5-7-9-12/h3-9H,1,10-11H2,2H3/b13-4+. The Balaban J connectivity index is 2.32. The van der Waals surface area contributed by atoms with Crippen LogP contribution in [0.15, 0.2) is 54.8 Å². The summed E-state index contributed by atoms with van der Waals surface area (Å²) in [4.78, 5) is 0. The van der Waals surface area contributed by atoms with E-state index in [1.807, 2.05) is 31.2 Å². The molecular weight excluding hydrogens is 172 g/mol. The average Bonchev–Trinajstić information content (AvgIpc) is 2.26. The van der Waals surface area contributed by atoms with Gasteiger partial charge in [0.25, 0.3) is 0 Å². The molecule has 0 heterocycles. The summed E-state index contributed by atoms with van der Waals surface area (Å²) in [6.07, 6.45) is 4.58. The summed E-state index contributed by atoms with van der Waals surface area (Å²) in [5.74, 6) is 0.848. The minimum absolute atomic E-state index is 0.704. The smallest absolute Gasteiger partial charge is 0.114 e. The quantitative estimate of drug-likeness (QED) is 0.508. The molecule has 1 aromatic rings. The second-order valence-corrected chi connectivity index (χ2v) is 2.98. The van der Waals surface area contributed by atoms with Gasteiger partial charge < -0.3 is 4.74 Å². The zero-order valence-electron chi connectivity index (χ0n) is 8.57. The first-order chi connectivity index (χ1) is 6.86. The first kappa shape index (κ1) is 10.6. The Morgan fingerprint density at radius 2 is 2.07 bits per heavy atom. The molecule has 0 aliphatic rings. The van der Waals surface area contributed by atoms with Crippen LogP contribution in [0, 0.1) is 0 Å². The Kier molecular flexibility index (Phi) is 4.56. The van der Waals surface area contributed by atoms with Crippen molar-refractivity contribution in [3.8, 4) is 0 Å². The Morgan fingerprint density at radius 3 is 2.64 bits per heavy atom. The van der Waals surface area contributed by atoms with Crippen molar-refractivity contribution in [2.45, 2.75) is 13.3 Å². The van der Waals surface area contributed by atoms with Gasteiger partial charge in [-0.05, 0) is 24.6 Å². The lowest BCUT2D eigenvalue weighted by molar-refractivity contribution is 0.228. The van der Waals surface area contributed by atoms with E-state index in [1.54, 1.807) is 6.08 Å². The van der Waals surface area contributed by atoms with Crippen molar-refractivity contribution >= 4 is 0 Å². The maximum Gasteiger partial charge on any atom is 0.114 e. The third kappa shape index (κ3) is 3.48. The molecule has 74 valence electrons. The van der Waals surface area contributed by atoms with Crippen molar-refractivity contribution in [2.75, 3.05) is 6.61 Å². The lowest BCUT2D eigenvalue weighted by Crippen LogP contribution is -1.96. The van der Waals surface area contributed by atoms with Crippen molar-refractivity contribution in [3.05, 3.63) is 60.4 Å². The second-order valence-electron chi connectivity index (χ2n) is 2.98. The fourth-order valence-electron chi connectivity index (χ4n) is 1.19. The molecule has 1 heteroatoms. The molecule has 14 heavy (non-hydrogen) atoms. The SMILES string of the molecule is C=C/C(=C\C)OCCc1ccccc1. The molecule has 1 nitrogen and oxygen atoms in total. The highest BCUT2D eigenvalue weighted by molar-refractivity contribution is 5.15. The summed E-state index contributed by atoms with van der Waals surface area (Å²) in [7, 11) is 0. The molecule has 0 bridgehead atoms. The highest BCUT2D eigenvalue weighted by Crippen LogP contribution is 2.03. The predicted molar refractivity (Wildman–Crippen MR) is 60.1 cm³/mol. The molecule has 0 amide bonds. The monoisotopic (exact) mass is 188 g/mol. The van der Waals surface area contributed by atoms with Gasteiger partial charge in [-0.2, -0.15) is 0 Å². The summed E-state index contributed by atoms with van der Waals surface area (Å²) < 4.78 is 5.49. The van der Waals surface area contributed by atoms with E-state index in [0.717, 1.165) is 12.2 Å². The Bertz CT molecular complexity index is 298. The highest BCUT2D eigenvalue weighted by Gasteiger charge is 1.93. The Hall–Kier alpha value is -1.50. The molecule has 1 rings (SSSR count). The van der Waals surface area contributed by atoms with Crippen LogP contribution < -0.4 is 0 Å². The van der Waals surface area contributed by atoms with Crippen LogP contribution in [0.25, 0.3) is 0 Å². The van der Waals surface area contributed by atoms with Gasteiger partial charge in [0.05, 0.1) is 6.61 Å². The van der Waals surface area contributed by atoms with E-state index in [1.165, 1.54) is 5.56 Å². The van der Waals surface area contributed by atoms with Crippen molar-refractivity contribution in [1.29, 1.82) is 0 Å². The minimum atomic E-state index is 0.704. The molecule has 1 aromatic carbocycles. The zero-order valence-corrected chi connectivity index (χ0v) is 8.57. The summed E-state index contributed by atoms with van der Waals surface area (Å²) in [6, 6.07) is 10.3. The fraction of sp³-hybridized carbons (Fsp3) is 0.231. The van der Waals surface area contributed by atoms with Crippen molar-refractivity contribution in [3.63, 3.8) is 0 Å². The Labute approximate surface area is 85.7 Å². The van der Waals surface area contributed by atoms with Gasteiger partial charge in [0, 0.05) is 6.42 Å². The Morgan fingerprint density at radius 1 is 1.36 bits per heavy atom. The van der Waals surface area contributed by atoms with Crippen molar-refractivity contribution in [2.24, 2.45) is 0 Å². The van der Waals surface area contributed by atoms with E-state index in [-0.39, 0.29) is 0 Å². The molecule has 0 aliphatic carbocycles. The van der Waals surface area contributed by atoms with E-state index in [0.29, 0.717) is 6.61 Å². The first-order valence-corrected chi connectivity index (χ1v) is 4.82. The maximum absolute atomic E-state index is 5.49. The molecule has 0 aliphatic heterocycles. The van der Waals surface area contributed by atoms with Gasteiger partial charge in [0.1, 0.15) is 5.76 Å². The number of benzene rings is 1. The number of ether oxygens (including phenoxy) is 1. The van der Waals surface area contributed by atoms with Crippen molar-refractivity contribution in [1.82, 2.24) is 0 Å². The van der Waals surface area contributed by atoms with Gasteiger partial charge in [-0.3, -0.25) is 0 Å². The molecule has 0 N–H and O–H groups in total. The van der Waals surface area contributed by atoms with Crippen LogP contribution in [0.4, 0.5) is 0 Å². The summed E-state index contributed by atoms with van der Waals surface area (Å²) in [5.41, 5.74) is 1.30. The largest absolute Gasteiger partial charge is 0.494 e. The summed E-state index contributed by atoms with van der Waals surface area (Å²) in [5, 5.41) is 0. The van der Waals surface area contributed by atoms with E-state index in [4.69, 9.17) is 4.74 Å². The maximum atomic E-state index is 5.49. The highest BCUT2D eigenvalue weighted by atomic mass is 16.5. The van der Waals surface area contributed by atoms with Crippen LogP contribution in [0.2, 0.25) is 0 Å². The zero-order chi connectivity index (χ0) is 10.2. The van der Waals surface area contributed by atoms with Crippen LogP contribution in [-0.2, 0) is 11.2 Å². The normalized spacial score (nSPS) is 11.1. The topological polar surface area (TPSA) is 9.23 Å². The third-order valence-corrected chi connectivity index (χ3v) is 1.99. The first-order valence-electron chi connectivity index (χ1n) is 4.82. The van der Waals surface area contributed by atoms with E-state index >= 15 is 0 Å². The molecule has 0 aromatic heterocycles. The van der Waals surface area contributed by atoms with Gasteiger partial charge in [-0.1, -0.05) is 36.9 Å².